The maximum Gasteiger partial charge on any atom is 0.337 e. The fraction of sp³-hybridized carbons (Fsp3) is 0.429. The fourth-order valence-corrected chi connectivity index (χ4v) is 8.50. The van der Waals surface area contributed by atoms with E-state index in [0.717, 1.165) is 44.2 Å². The number of benzene rings is 3. The van der Waals surface area contributed by atoms with Gasteiger partial charge in [0, 0.05) is 47.6 Å². The molecule has 0 radical (unpaired) electrons. The molecule has 8 rings (SSSR count). The van der Waals surface area contributed by atoms with Crippen LogP contribution in [0.1, 0.15) is 52.0 Å². The van der Waals surface area contributed by atoms with Gasteiger partial charge in [-0.15, -0.1) is 0 Å². The second kappa shape index (κ2) is 11.5. The van der Waals surface area contributed by atoms with Crippen LogP contribution in [0, 0.1) is 5.82 Å². The van der Waals surface area contributed by atoms with Crippen molar-refractivity contribution in [2.75, 3.05) is 56.4 Å². The van der Waals surface area contributed by atoms with Gasteiger partial charge in [0.1, 0.15) is 11.6 Å². The molecule has 47 heavy (non-hydrogen) atoms. The molecule has 1 saturated carbocycles. The van der Waals surface area contributed by atoms with Crippen LogP contribution in [-0.2, 0) is 11.3 Å². The number of carbonyl (C=O) groups is 2. The van der Waals surface area contributed by atoms with Gasteiger partial charge < -0.3 is 29.3 Å². The summed E-state index contributed by atoms with van der Waals surface area (Å²) in [7, 11) is 2.17. The summed E-state index contributed by atoms with van der Waals surface area (Å²) in [4.78, 5) is 34.4. The Bertz CT molecular complexity index is 1760. The molecule has 246 valence electrons. The van der Waals surface area contributed by atoms with Gasteiger partial charge in [-0.1, -0.05) is 41.4 Å². The highest BCUT2D eigenvalue weighted by Gasteiger charge is 2.49. The Hall–Kier alpha value is -3.57. The standard InChI is InChI=1S/C35H35Cl2FN4O5/c1-39-9-10-40(18-35(39)7-8-35)23-11-27(36)31(28(37)12-23)33(43)41-15-20-3-2-4-24(32(20)47-19-41)25-14-30(26(34(44)45)13-29(25)38)42-21-5-6-22(42)17-46-16-21/h2-4,11-14,21-22H,5-10,15-19H2,1H3,(H,44,45). The number of halogens is 3. The molecule has 2 bridgehead atoms. The Morgan fingerprint density at radius 2 is 1.72 bits per heavy atom. The van der Waals surface area contributed by atoms with Crippen LogP contribution in [0.5, 0.6) is 5.75 Å². The van der Waals surface area contributed by atoms with E-state index < -0.39 is 11.8 Å². The molecule has 4 heterocycles. The molecule has 3 aromatic rings. The summed E-state index contributed by atoms with van der Waals surface area (Å²) >= 11 is 13.5. The molecule has 0 aromatic heterocycles. The minimum atomic E-state index is -1.18. The second-order valence-electron chi connectivity index (χ2n) is 13.4. The minimum absolute atomic E-state index is 0.0368. The first-order valence-corrected chi connectivity index (χ1v) is 16.8. The topological polar surface area (TPSA) is 85.8 Å². The SMILES string of the molecule is CN1CCN(c2cc(Cl)c(C(=O)N3COc4c(cccc4-c4cc(N5C6CCC5COC6)c(C(=O)O)cc4F)C3)c(Cl)c2)CC12CC2. The van der Waals surface area contributed by atoms with Crippen molar-refractivity contribution in [2.24, 2.45) is 0 Å². The molecule has 3 aromatic carbocycles. The summed E-state index contributed by atoms with van der Waals surface area (Å²) in [6.07, 6.45) is 4.12. The Morgan fingerprint density at radius 1 is 1.00 bits per heavy atom. The molecule has 1 aliphatic carbocycles. The highest BCUT2D eigenvalue weighted by molar-refractivity contribution is 6.40. The van der Waals surface area contributed by atoms with Crippen LogP contribution >= 0.6 is 23.2 Å². The lowest BCUT2D eigenvalue weighted by Crippen LogP contribution is -2.53. The summed E-state index contributed by atoms with van der Waals surface area (Å²) in [6.45, 7) is 3.82. The zero-order valence-corrected chi connectivity index (χ0v) is 27.5. The van der Waals surface area contributed by atoms with Gasteiger partial charge in [-0.2, -0.15) is 0 Å². The lowest BCUT2D eigenvalue weighted by atomic mass is 9.96. The van der Waals surface area contributed by atoms with Crippen molar-refractivity contribution in [3.05, 3.63) is 75.0 Å². The third-order valence-corrected chi connectivity index (χ3v) is 11.3. The Kier molecular flexibility index (Phi) is 7.55. The van der Waals surface area contributed by atoms with Crippen LogP contribution in [0.3, 0.4) is 0 Å². The summed E-state index contributed by atoms with van der Waals surface area (Å²) in [5.41, 5.74) is 3.16. The van der Waals surface area contributed by atoms with E-state index in [-0.39, 0.29) is 63.5 Å². The molecular formula is C35H35Cl2FN4O5. The summed E-state index contributed by atoms with van der Waals surface area (Å²) in [6, 6.07) is 11.8. The van der Waals surface area contributed by atoms with E-state index in [9.17, 15) is 14.7 Å². The minimum Gasteiger partial charge on any atom is -0.478 e. The van der Waals surface area contributed by atoms with Gasteiger partial charge in [-0.25, -0.2) is 9.18 Å². The van der Waals surface area contributed by atoms with Crippen LogP contribution < -0.4 is 14.5 Å². The van der Waals surface area contributed by atoms with Crippen molar-refractivity contribution in [3.8, 4) is 16.9 Å². The van der Waals surface area contributed by atoms with Crippen molar-refractivity contribution >= 4 is 46.5 Å². The Balaban J connectivity index is 1.07. The number of rotatable bonds is 5. The second-order valence-corrected chi connectivity index (χ2v) is 14.2. The maximum absolute atomic E-state index is 15.7. The number of hydrogen-bond acceptors (Lipinski definition) is 7. The first-order valence-electron chi connectivity index (χ1n) is 16.1. The smallest absolute Gasteiger partial charge is 0.337 e. The van der Waals surface area contributed by atoms with E-state index in [1.807, 2.05) is 18.2 Å². The van der Waals surface area contributed by atoms with Gasteiger partial charge in [-0.3, -0.25) is 9.69 Å². The lowest BCUT2D eigenvalue weighted by molar-refractivity contribution is 0.0516. The van der Waals surface area contributed by atoms with Crippen LogP contribution in [0.15, 0.2) is 42.5 Å². The fourth-order valence-electron chi connectivity index (χ4n) is 7.86. The molecule has 1 N–H and O–H groups in total. The number of anilines is 2. The van der Waals surface area contributed by atoms with Gasteiger partial charge in [0.15, 0.2) is 6.73 Å². The van der Waals surface area contributed by atoms with Crippen molar-refractivity contribution in [1.82, 2.24) is 9.80 Å². The number of carbonyl (C=O) groups excluding carboxylic acids is 1. The van der Waals surface area contributed by atoms with E-state index >= 15 is 4.39 Å². The van der Waals surface area contributed by atoms with Crippen molar-refractivity contribution < 1.29 is 28.6 Å². The number of ether oxygens (including phenoxy) is 2. The zero-order chi connectivity index (χ0) is 32.6. The van der Waals surface area contributed by atoms with Gasteiger partial charge >= 0.3 is 5.97 Å². The van der Waals surface area contributed by atoms with E-state index in [1.165, 1.54) is 17.7 Å². The predicted octanol–water partition coefficient (Wildman–Crippen LogP) is 6.14. The molecular weight excluding hydrogens is 646 g/mol. The Labute approximate surface area is 282 Å². The molecule has 3 saturated heterocycles. The van der Waals surface area contributed by atoms with Crippen LogP contribution in [0.4, 0.5) is 15.8 Å². The lowest BCUT2D eigenvalue weighted by Gasteiger charge is -2.41. The molecule has 1 amide bonds. The largest absolute Gasteiger partial charge is 0.478 e. The molecule has 1 spiro atoms. The van der Waals surface area contributed by atoms with E-state index in [1.54, 1.807) is 18.2 Å². The summed E-state index contributed by atoms with van der Waals surface area (Å²) < 4.78 is 27.6. The molecule has 5 aliphatic rings. The maximum atomic E-state index is 15.7. The number of morpholine rings is 1. The quantitative estimate of drug-likeness (QED) is 0.344. The third-order valence-electron chi connectivity index (χ3n) is 10.7. The molecule has 12 heteroatoms. The molecule has 2 atom stereocenters. The van der Waals surface area contributed by atoms with Gasteiger partial charge in [0.2, 0.25) is 0 Å². The van der Waals surface area contributed by atoms with Crippen LogP contribution in [-0.4, -0.2) is 91.0 Å². The first-order chi connectivity index (χ1) is 22.6. The molecule has 4 fully saturated rings. The number of aromatic carboxylic acids is 1. The summed E-state index contributed by atoms with van der Waals surface area (Å²) in [5, 5.41) is 10.6. The highest BCUT2D eigenvalue weighted by atomic mass is 35.5. The van der Waals surface area contributed by atoms with Gasteiger partial charge in [-0.05, 0) is 57.0 Å². The summed E-state index contributed by atoms with van der Waals surface area (Å²) in [5.74, 6) is -1.75. The molecule has 9 nitrogen and oxygen atoms in total. The number of nitrogens with zero attached hydrogens (tertiary/aromatic N) is 4. The average Bonchev–Trinajstić information content (AvgIpc) is 3.79. The van der Waals surface area contributed by atoms with Crippen molar-refractivity contribution in [1.29, 1.82) is 0 Å². The number of carboxylic acid groups (broad SMARTS) is 1. The number of piperazine rings is 1. The molecule has 2 unspecified atom stereocenters. The van der Waals surface area contributed by atoms with Gasteiger partial charge in [0.25, 0.3) is 5.91 Å². The highest BCUT2D eigenvalue weighted by Crippen LogP contribution is 2.46. The van der Waals surface area contributed by atoms with Crippen LogP contribution in [0.2, 0.25) is 10.0 Å². The number of carboxylic acids is 1. The van der Waals surface area contributed by atoms with Gasteiger partial charge in [0.05, 0.1) is 58.7 Å². The Morgan fingerprint density at radius 3 is 2.40 bits per heavy atom. The third kappa shape index (κ3) is 5.21. The number of hydrogen-bond donors (Lipinski definition) is 1. The average molecular weight is 682 g/mol. The number of amides is 1. The van der Waals surface area contributed by atoms with Crippen molar-refractivity contribution in [2.45, 2.75) is 49.9 Å². The van der Waals surface area contributed by atoms with E-state index in [4.69, 9.17) is 32.7 Å². The van der Waals surface area contributed by atoms with Crippen LogP contribution in [0.25, 0.3) is 11.1 Å². The molecule has 4 aliphatic heterocycles. The number of para-hydroxylation sites is 1. The normalized spacial score (nSPS) is 23.1. The predicted molar refractivity (Wildman–Crippen MR) is 178 cm³/mol. The number of likely N-dealkylation sites (N-methyl/N-ethyl adjacent to an activating group) is 1. The van der Waals surface area contributed by atoms with E-state index in [2.05, 4.69) is 21.7 Å². The zero-order valence-electron chi connectivity index (χ0n) is 26.0. The first kappa shape index (κ1) is 30.7. The number of fused-ring (bicyclic) bond motifs is 3. The monoisotopic (exact) mass is 680 g/mol. The van der Waals surface area contributed by atoms with E-state index in [0.29, 0.717) is 35.8 Å². The van der Waals surface area contributed by atoms with Crippen molar-refractivity contribution in [3.63, 3.8) is 0 Å².